The number of amides is 2. The van der Waals surface area contributed by atoms with Gasteiger partial charge in [0.2, 0.25) is 0 Å². The Bertz CT molecular complexity index is 1200. The van der Waals surface area contributed by atoms with Gasteiger partial charge >= 0.3 is 18.2 Å². The van der Waals surface area contributed by atoms with E-state index in [1.807, 2.05) is 31.2 Å². The molecule has 0 aromatic heterocycles. The third kappa shape index (κ3) is 6.88. The van der Waals surface area contributed by atoms with E-state index in [0.29, 0.717) is 11.1 Å². The van der Waals surface area contributed by atoms with Gasteiger partial charge < -0.3 is 30.1 Å². The van der Waals surface area contributed by atoms with Gasteiger partial charge in [-0.3, -0.25) is 0 Å². The van der Waals surface area contributed by atoms with Gasteiger partial charge in [-0.2, -0.15) is 13.2 Å². The summed E-state index contributed by atoms with van der Waals surface area (Å²) in [6, 6.07) is 12.1. The molecule has 2 amide bonds. The number of ether oxygens (including phenoxy) is 2. The maximum absolute atomic E-state index is 12.7. The first-order valence-electron chi connectivity index (χ1n) is 12.4. The molecular formula is C27H33ClF3N3O5. The van der Waals surface area contributed by atoms with Gasteiger partial charge in [-0.15, -0.1) is 0 Å². The predicted molar refractivity (Wildman–Crippen MR) is 142 cm³/mol. The summed E-state index contributed by atoms with van der Waals surface area (Å²) >= 11 is 6.19. The molecule has 1 saturated carbocycles. The highest BCUT2D eigenvalue weighted by molar-refractivity contribution is 6.31. The Hall–Kier alpha value is -3.18. The van der Waals surface area contributed by atoms with Crippen LogP contribution in [0, 0.1) is 6.92 Å². The van der Waals surface area contributed by atoms with Crippen LogP contribution < -0.4 is 20.1 Å². The molecule has 1 saturated heterocycles. The molecule has 2 aromatic rings. The Kier molecular flexibility index (Phi) is 9.60. The number of nitrogens with one attached hydrogen (secondary N) is 2. The highest BCUT2D eigenvalue weighted by atomic mass is 35.5. The van der Waals surface area contributed by atoms with E-state index in [-0.39, 0.29) is 17.5 Å². The number of likely N-dealkylation sites (N-methyl/N-ethyl adjacent to an activating group) is 1. The monoisotopic (exact) mass is 571 g/mol. The van der Waals surface area contributed by atoms with Crippen molar-refractivity contribution in [1.82, 2.24) is 10.2 Å². The number of anilines is 1. The molecule has 0 unspecified atom stereocenters. The molecule has 2 fully saturated rings. The minimum Gasteiger partial charge on any atom is -0.493 e. The number of carbonyl (C=O) groups is 2. The summed E-state index contributed by atoms with van der Waals surface area (Å²) in [5.41, 5.74) is 2.97. The van der Waals surface area contributed by atoms with E-state index >= 15 is 0 Å². The molecule has 39 heavy (non-hydrogen) atoms. The summed E-state index contributed by atoms with van der Waals surface area (Å²) in [6.45, 7) is 2.95. The zero-order valence-corrected chi connectivity index (χ0v) is 22.9. The number of carbonyl (C=O) groups excluding carboxylic acids is 1. The highest BCUT2D eigenvalue weighted by Crippen LogP contribution is 2.49. The average Bonchev–Trinajstić information content (AvgIpc) is 3.23. The van der Waals surface area contributed by atoms with Gasteiger partial charge in [-0.05, 0) is 81.6 Å². The van der Waals surface area contributed by atoms with Gasteiger partial charge in [-0.25, -0.2) is 9.59 Å². The van der Waals surface area contributed by atoms with Crippen LogP contribution in [0.4, 0.5) is 23.7 Å². The van der Waals surface area contributed by atoms with Crippen LogP contribution in [-0.4, -0.2) is 68.1 Å². The van der Waals surface area contributed by atoms with Crippen molar-refractivity contribution in [2.24, 2.45) is 0 Å². The van der Waals surface area contributed by atoms with E-state index in [1.54, 1.807) is 14.2 Å². The van der Waals surface area contributed by atoms with Crippen molar-refractivity contribution in [3.63, 3.8) is 0 Å². The van der Waals surface area contributed by atoms with Crippen molar-refractivity contribution in [1.29, 1.82) is 0 Å². The number of aliphatic carboxylic acids is 1. The number of benzene rings is 2. The molecule has 0 bridgehead atoms. The number of urea groups is 1. The molecule has 2 aliphatic rings. The fraction of sp³-hybridized carbons (Fsp3) is 0.481. The van der Waals surface area contributed by atoms with Gasteiger partial charge in [0.05, 0.1) is 14.2 Å². The standard InChI is InChI=1S/C25H32ClN3O3.C2HF3O2/c1-16-19(26)6-5-7-20(16)28-24(30)27-18-10-11-25(12-13-29(2)23(25)15-18)17-8-9-21(31-3)22(14-17)32-4;3-2(4,5)1(6)7/h5-9,14,18,23H,10-13,15H2,1-4H3,(H2,27,28,30);(H,6,7)/t18-,23+,25+;/m1./s1. The summed E-state index contributed by atoms with van der Waals surface area (Å²) in [6.07, 6.45) is -1.13. The van der Waals surface area contributed by atoms with Crippen LogP contribution in [0.25, 0.3) is 0 Å². The first-order chi connectivity index (χ1) is 18.3. The van der Waals surface area contributed by atoms with E-state index < -0.39 is 12.1 Å². The third-order valence-corrected chi connectivity index (χ3v) is 7.99. The number of likely N-dealkylation sites (tertiary alicyclic amines) is 1. The van der Waals surface area contributed by atoms with Gasteiger partial charge in [-0.1, -0.05) is 23.7 Å². The Morgan fingerprint density at radius 3 is 2.41 bits per heavy atom. The summed E-state index contributed by atoms with van der Waals surface area (Å²) < 4.78 is 42.7. The Morgan fingerprint density at radius 1 is 1.13 bits per heavy atom. The number of hydrogen-bond acceptors (Lipinski definition) is 5. The lowest BCUT2D eigenvalue weighted by molar-refractivity contribution is -0.192. The topological polar surface area (TPSA) is 100 Å². The minimum absolute atomic E-state index is 0.0620. The number of rotatable bonds is 5. The van der Waals surface area contributed by atoms with Gasteiger partial charge in [0.1, 0.15) is 0 Å². The van der Waals surface area contributed by atoms with E-state index in [4.69, 9.17) is 31.0 Å². The molecule has 8 nitrogen and oxygen atoms in total. The third-order valence-electron chi connectivity index (χ3n) is 7.58. The number of methoxy groups -OCH3 is 2. The predicted octanol–water partition coefficient (Wildman–Crippen LogP) is 5.62. The number of nitrogens with zero attached hydrogens (tertiary/aromatic N) is 1. The van der Waals surface area contributed by atoms with Crippen molar-refractivity contribution >= 4 is 29.3 Å². The van der Waals surface area contributed by atoms with Crippen LogP contribution >= 0.6 is 11.6 Å². The molecule has 1 heterocycles. The minimum atomic E-state index is -5.08. The van der Waals surface area contributed by atoms with Crippen LogP contribution in [0.3, 0.4) is 0 Å². The number of hydrogen-bond donors (Lipinski definition) is 3. The van der Waals surface area contributed by atoms with Gasteiger partial charge in [0.25, 0.3) is 0 Å². The number of halogens is 4. The molecule has 214 valence electrons. The first-order valence-corrected chi connectivity index (χ1v) is 12.8. The number of carboxylic acids is 1. The molecule has 12 heteroatoms. The number of fused-ring (bicyclic) bond motifs is 1. The molecule has 1 aliphatic heterocycles. The second-order valence-corrected chi connectivity index (χ2v) is 10.2. The Balaban J connectivity index is 0.000000532. The van der Waals surface area contributed by atoms with E-state index in [1.165, 1.54) is 5.56 Å². The molecule has 1 aliphatic carbocycles. The molecule has 0 radical (unpaired) electrons. The summed E-state index contributed by atoms with van der Waals surface area (Å²) in [4.78, 5) is 24.0. The van der Waals surface area contributed by atoms with Crippen molar-refractivity contribution in [2.45, 2.75) is 56.3 Å². The molecule has 0 spiro atoms. The lowest BCUT2D eigenvalue weighted by Gasteiger charge is -2.45. The molecule has 4 rings (SSSR count). The molecular weight excluding hydrogens is 539 g/mol. The van der Waals surface area contributed by atoms with Crippen molar-refractivity contribution in [2.75, 3.05) is 33.1 Å². The van der Waals surface area contributed by atoms with E-state index in [0.717, 1.165) is 55.0 Å². The molecule has 2 aromatic carbocycles. The van der Waals surface area contributed by atoms with E-state index in [9.17, 15) is 18.0 Å². The smallest absolute Gasteiger partial charge is 0.490 e. The Labute approximate surface area is 230 Å². The van der Waals surface area contributed by atoms with Gasteiger partial charge in [0.15, 0.2) is 11.5 Å². The van der Waals surface area contributed by atoms with Crippen molar-refractivity contribution < 1.29 is 37.3 Å². The lowest BCUT2D eigenvalue weighted by Crippen LogP contribution is -2.52. The first kappa shape index (κ1) is 30.4. The van der Waals surface area contributed by atoms with Crippen LogP contribution in [0.5, 0.6) is 11.5 Å². The zero-order chi connectivity index (χ0) is 29.0. The molecule has 3 atom stereocenters. The maximum Gasteiger partial charge on any atom is 0.490 e. The average molecular weight is 572 g/mol. The van der Waals surface area contributed by atoms with Crippen LogP contribution in [-0.2, 0) is 10.2 Å². The van der Waals surface area contributed by atoms with Crippen LogP contribution in [0.2, 0.25) is 5.02 Å². The molecule has 3 N–H and O–H groups in total. The fourth-order valence-corrected chi connectivity index (χ4v) is 5.66. The quantitative estimate of drug-likeness (QED) is 0.431. The SMILES string of the molecule is COc1ccc([C@@]23CC[C@@H](NC(=O)Nc4cccc(Cl)c4C)C[C@@H]2N(C)CC3)cc1OC.O=C(O)C(F)(F)F. The summed E-state index contributed by atoms with van der Waals surface area (Å²) in [7, 11) is 5.53. The lowest BCUT2D eigenvalue weighted by atomic mass is 9.65. The Morgan fingerprint density at radius 2 is 1.79 bits per heavy atom. The zero-order valence-electron chi connectivity index (χ0n) is 22.2. The second-order valence-electron chi connectivity index (χ2n) is 9.76. The second kappa shape index (κ2) is 12.3. The largest absolute Gasteiger partial charge is 0.493 e. The van der Waals surface area contributed by atoms with E-state index in [2.05, 4.69) is 34.7 Å². The normalized spacial score (nSPS) is 22.7. The number of alkyl halides is 3. The van der Waals surface area contributed by atoms with Gasteiger partial charge in [0, 0.05) is 28.2 Å². The highest BCUT2D eigenvalue weighted by Gasteiger charge is 2.50. The number of carboxylic acid groups (broad SMARTS) is 1. The maximum atomic E-state index is 12.7. The summed E-state index contributed by atoms with van der Waals surface area (Å²) in [5, 5.41) is 13.9. The van der Waals surface area contributed by atoms with Crippen LogP contribution in [0.15, 0.2) is 36.4 Å². The van der Waals surface area contributed by atoms with Crippen molar-refractivity contribution in [3.05, 3.63) is 52.5 Å². The van der Waals surface area contributed by atoms with Crippen molar-refractivity contribution in [3.8, 4) is 11.5 Å². The van der Waals surface area contributed by atoms with Crippen LogP contribution in [0.1, 0.15) is 36.8 Å². The summed E-state index contributed by atoms with van der Waals surface area (Å²) in [5.74, 6) is -1.24. The fourth-order valence-electron chi connectivity index (χ4n) is 5.48.